The van der Waals surface area contributed by atoms with Gasteiger partial charge in [-0.3, -0.25) is 0 Å². The molecular weight excluding hydrogens is 280 g/mol. The van der Waals surface area contributed by atoms with Crippen molar-refractivity contribution in [2.75, 3.05) is 38.3 Å². The van der Waals surface area contributed by atoms with E-state index < -0.39 is 0 Å². The molecule has 4 nitrogen and oxygen atoms in total. The molecule has 0 saturated carbocycles. The first-order chi connectivity index (χ1) is 9.75. The molecule has 0 spiro atoms. The van der Waals surface area contributed by atoms with Crippen molar-refractivity contribution in [3.63, 3.8) is 0 Å². The summed E-state index contributed by atoms with van der Waals surface area (Å²) in [5.74, 6) is 2.95. The Morgan fingerprint density at radius 2 is 1.86 bits per heavy atom. The van der Waals surface area contributed by atoms with Gasteiger partial charge in [0.2, 0.25) is 0 Å². The lowest BCUT2D eigenvalue weighted by atomic mass is 9.95. The Balaban J connectivity index is 3.03. The number of hydrogen-bond donors (Lipinski definition) is 1. The van der Waals surface area contributed by atoms with E-state index in [4.69, 9.17) is 9.97 Å². The lowest BCUT2D eigenvalue weighted by Crippen LogP contribution is -2.19. The second kappa shape index (κ2) is 7.99. The van der Waals surface area contributed by atoms with E-state index in [1.54, 1.807) is 0 Å². The van der Waals surface area contributed by atoms with Crippen molar-refractivity contribution in [1.29, 1.82) is 0 Å². The van der Waals surface area contributed by atoms with E-state index in [-0.39, 0.29) is 5.41 Å². The fraction of sp³-hybridized carbons (Fsp3) is 0.750. The Labute approximate surface area is 134 Å². The van der Waals surface area contributed by atoms with Gasteiger partial charge in [0, 0.05) is 29.8 Å². The monoisotopic (exact) mass is 310 g/mol. The van der Waals surface area contributed by atoms with Crippen LogP contribution in [0.2, 0.25) is 0 Å². The first-order valence-electron chi connectivity index (χ1n) is 7.66. The van der Waals surface area contributed by atoms with Crippen molar-refractivity contribution in [2.45, 2.75) is 51.5 Å². The summed E-state index contributed by atoms with van der Waals surface area (Å²) in [6.45, 7) is 12.8. The zero-order valence-corrected chi connectivity index (χ0v) is 15.4. The average Bonchev–Trinajstić information content (AvgIpc) is 2.37. The Kier molecular flexibility index (Phi) is 6.94. The summed E-state index contributed by atoms with van der Waals surface area (Å²) in [5.41, 5.74) is 1.13. The standard InChI is InChI=1S/C16H30N4S/c1-8-9-17-13-12(2)14(21-11-10-20(6)7)19-15(18-13)16(3,4)5/h8-11H2,1-7H3,(H,17,18,19). The molecule has 1 aromatic rings. The fourth-order valence-electron chi connectivity index (χ4n) is 1.71. The highest BCUT2D eigenvalue weighted by Crippen LogP contribution is 2.29. The van der Waals surface area contributed by atoms with Gasteiger partial charge in [0.1, 0.15) is 16.7 Å². The SMILES string of the molecule is CCCNc1nc(C(C)(C)C)nc(SCCN(C)C)c1C. The molecule has 1 heterocycles. The number of nitrogens with zero attached hydrogens (tertiary/aromatic N) is 3. The third-order valence-electron chi connectivity index (χ3n) is 3.09. The molecule has 1 rings (SSSR count). The van der Waals surface area contributed by atoms with E-state index in [0.717, 1.165) is 41.9 Å². The highest BCUT2D eigenvalue weighted by Gasteiger charge is 2.21. The Hall–Kier alpha value is -0.810. The molecule has 0 aromatic carbocycles. The molecule has 120 valence electrons. The number of rotatable bonds is 7. The summed E-state index contributed by atoms with van der Waals surface area (Å²) >= 11 is 1.82. The number of thioether (sulfide) groups is 1. The Bertz CT molecular complexity index is 452. The molecule has 0 bridgehead atoms. The molecule has 0 atom stereocenters. The molecule has 1 aromatic heterocycles. The number of nitrogens with one attached hydrogen (secondary N) is 1. The first kappa shape index (κ1) is 18.2. The minimum absolute atomic E-state index is 0.0345. The predicted molar refractivity (Wildman–Crippen MR) is 93.5 cm³/mol. The summed E-state index contributed by atoms with van der Waals surface area (Å²) in [6.07, 6.45) is 1.09. The van der Waals surface area contributed by atoms with Gasteiger partial charge in [-0.2, -0.15) is 0 Å². The van der Waals surface area contributed by atoms with Crippen LogP contribution in [-0.2, 0) is 5.41 Å². The quantitative estimate of drug-likeness (QED) is 0.616. The third kappa shape index (κ3) is 5.83. The van der Waals surface area contributed by atoms with Crippen LogP contribution in [0.5, 0.6) is 0 Å². The minimum atomic E-state index is -0.0345. The zero-order valence-electron chi connectivity index (χ0n) is 14.6. The van der Waals surface area contributed by atoms with Crippen LogP contribution in [0.3, 0.4) is 0 Å². The lowest BCUT2D eigenvalue weighted by molar-refractivity contribution is 0.437. The molecule has 21 heavy (non-hydrogen) atoms. The molecule has 0 aliphatic carbocycles. The maximum atomic E-state index is 4.80. The summed E-state index contributed by atoms with van der Waals surface area (Å²) in [6, 6.07) is 0. The van der Waals surface area contributed by atoms with Gasteiger partial charge in [0.25, 0.3) is 0 Å². The van der Waals surface area contributed by atoms with Gasteiger partial charge in [-0.05, 0) is 27.4 Å². The summed E-state index contributed by atoms with van der Waals surface area (Å²) in [4.78, 5) is 11.7. The molecule has 0 unspecified atom stereocenters. The van der Waals surface area contributed by atoms with Gasteiger partial charge >= 0.3 is 0 Å². The molecule has 0 aliphatic heterocycles. The molecule has 0 saturated heterocycles. The van der Waals surface area contributed by atoms with Crippen LogP contribution < -0.4 is 5.32 Å². The van der Waals surface area contributed by atoms with E-state index >= 15 is 0 Å². The number of anilines is 1. The topological polar surface area (TPSA) is 41.1 Å². The van der Waals surface area contributed by atoms with Crippen molar-refractivity contribution in [1.82, 2.24) is 14.9 Å². The van der Waals surface area contributed by atoms with Crippen molar-refractivity contribution in [3.8, 4) is 0 Å². The Morgan fingerprint density at radius 1 is 1.19 bits per heavy atom. The van der Waals surface area contributed by atoms with E-state index in [1.807, 2.05) is 11.8 Å². The van der Waals surface area contributed by atoms with Gasteiger partial charge < -0.3 is 10.2 Å². The minimum Gasteiger partial charge on any atom is -0.370 e. The summed E-state index contributed by atoms with van der Waals surface area (Å²) < 4.78 is 0. The summed E-state index contributed by atoms with van der Waals surface area (Å²) in [5, 5.41) is 4.55. The molecule has 0 fully saturated rings. The van der Waals surface area contributed by atoms with Gasteiger partial charge in [0.05, 0.1) is 0 Å². The van der Waals surface area contributed by atoms with Gasteiger partial charge in [-0.1, -0.05) is 27.7 Å². The summed E-state index contributed by atoms with van der Waals surface area (Å²) in [7, 11) is 4.20. The van der Waals surface area contributed by atoms with E-state index in [0.29, 0.717) is 0 Å². The lowest BCUT2D eigenvalue weighted by Gasteiger charge is -2.21. The highest BCUT2D eigenvalue weighted by molar-refractivity contribution is 7.99. The van der Waals surface area contributed by atoms with Crippen molar-refractivity contribution in [2.24, 2.45) is 0 Å². The van der Waals surface area contributed by atoms with Gasteiger partial charge in [0.15, 0.2) is 0 Å². The van der Waals surface area contributed by atoms with Crippen LogP contribution in [0.15, 0.2) is 5.03 Å². The van der Waals surface area contributed by atoms with Gasteiger partial charge in [-0.25, -0.2) is 9.97 Å². The van der Waals surface area contributed by atoms with Gasteiger partial charge in [-0.15, -0.1) is 11.8 Å². The molecule has 0 amide bonds. The highest BCUT2D eigenvalue weighted by atomic mass is 32.2. The second-order valence-corrected chi connectivity index (χ2v) is 7.74. The normalized spacial score (nSPS) is 12.0. The smallest absolute Gasteiger partial charge is 0.137 e. The van der Waals surface area contributed by atoms with Crippen LogP contribution in [0.25, 0.3) is 0 Å². The molecule has 1 N–H and O–H groups in total. The predicted octanol–water partition coefficient (Wildman–Crippen LogP) is 3.56. The maximum absolute atomic E-state index is 4.80. The second-order valence-electron chi connectivity index (χ2n) is 6.65. The molecular formula is C16H30N4S. The number of hydrogen-bond acceptors (Lipinski definition) is 5. The first-order valence-corrected chi connectivity index (χ1v) is 8.64. The molecule has 5 heteroatoms. The zero-order chi connectivity index (χ0) is 16.0. The largest absolute Gasteiger partial charge is 0.370 e. The van der Waals surface area contributed by atoms with E-state index in [9.17, 15) is 0 Å². The van der Waals surface area contributed by atoms with Crippen molar-refractivity contribution in [3.05, 3.63) is 11.4 Å². The average molecular weight is 311 g/mol. The van der Waals surface area contributed by atoms with Crippen LogP contribution in [0.4, 0.5) is 5.82 Å². The van der Waals surface area contributed by atoms with E-state index in [1.165, 1.54) is 5.56 Å². The van der Waals surface area contributed by atoms with Crippen molar-refractivity contribution >= 4 is 17.6 Å². The molecule has 0 aliphatic rings. The van der Waals surface area contributed by atoms with Crippen molar-refractivity contribution < 1.29 is 0 Å². The Morgan fingerprint density at radius 3 is 2.38 bits per heavy atom. The third-order valence-corrected chi connectivity index (χ3v) is 4.15. The maximum Gasteiger partial charge on any atom is 0.137 e. The van der Waals surface area contributed by atoms with E-state index in [2.05, 4.69) is 58.9 Å². The van der Waals surface area contributed by atoms with Crippen LogP contribution >= 0.6 is 11.8 Å². The van der Waals surface area contributed by atoms with Crippen LogP contribution in [0.1, 0.15) is 45.5 Å². The van der Waals surface area contributed by atoms with Crippen LogP contribution in [0, 0.1) is 6.92 Å². The molecule has 0 radical (unpaired) electrons. The van der Waals surface area contributed by atoms with Crippen LogP contribution in [-0.4, -0.2) is 47.8 Å². The number of aromatic nitrogens is 2. The fourth-order valence-corrected chi connectivity index (χ4v) is 2.83.